The van der Waals surface area contributed by atoms with Crippen LogP contribution in [0.4, 0.5) is 0 Å². The normalized spacial score (nSPS) is 10.7. The fourth-order valence-corrected chi connectivity index (χ4v) is 2.08. The first kappa shape index (κ1) is 12.2. The lowest BCUT2D eigenvalue weighted by molar-refractivity contribution is -0.627. The number of ether oxygens (including phenoxy) is 1. The highest BCUT2D eigenvalue weighted by Gasteiger charge is 2.05. The van der Waals surface area contributed by atoms with Crippen LogP contribution in [0.1, 0.15) is 6.42 Å². The minimum Gasteiger partial charge on any atom is -0.492 e. The van der Waals surface area contributed by atoms with Crippen LogP contribution in [0.2, 0.25) is 5.02 Å². The second-order valence-corrected chi connectivity index (χ2v) is 4.38. The van der Waals surface area contributed by atoms with Crippen LogP contribution in [0, 0.1) is 0 Å². The summed E-state index contributed by atoms with van der Waals surface area (Å²) in [6, 6.07) is 12.1. The Hall–Kier alpha value is -1.25. The molecule has 0 radical (unpaired) electrons. The third kappa shape index (κ3) is 2.90. The lowest BCUT2D eigenvalue weighted by Gasteiger charge is -2.09. The van der Waals surface area contributed by atoms with Crippen LogP contribution in [-0.4, -0.2) is 20.2 Å². The number of rotatable bonds is 5. The van der Waals surface area contributed by atoms with E-state index in [1.54, 1.807) is 0 Å². The topological polar surface area (TPSA) is 25.8 Å². The molecule has 2 N–H and O–H groups in total. The number of halogens is 1. The lowest BCUT2D eigenvalue weighted by atomic mass is 10.1. The third-order valence-corrected chi connectivity index (χ3v) is 3.11. The molecule has 0 saturated carbocycles. The van der Waals surface area contributed by atoms with Crippen molar-refractivity contribution in [3.05, 3.63) is 41.4 Å². The maximum absolute atomic E-state index is 6.32. The van der Waals surface area contributed by atoms with Crippen molar-refractivity contribution in [3.63, 3.8) is 0 Å². The van der Waals surface area contributed by atoms with Gasteiger partial charge in [0.2, 0.25) is 0 Å². The van der Waals surface area contributed by atoms with Crippen molar-refractivity contribution in [2.45, 2.75) is 6.42 Å². The quantitative estimate of drug-likeness (QED) is 0.811. The second kappa shape index (κ2) is 5.89. The fraction of sp³-hybridized carbons (Fsp3) is 0.286. The Morgan fingerprint density at radius 2 is 2.00 bits per heavy atom. The minimum absolute atomic E-state index is 0.711. The highest BCUT2D eigenvalue weighted by molar-refractivity contribution is 6.37. The fourth-order valence-electron chi connectivity index (χ4n) is 1.79. The van der Waals surface area contributed by atoms with Gasteiger partial charge in [-0.2, -0.15) is 0 Å². The number of hydrogen-bond acceptors (Lipinski definition) is 1. The van der Waals surface area contributed by atoms with E-state index in [4.69, 9.17) is 16.3 Å². The molecule has 0 aliphatic rings. The Balaban J connectivity index is 2.15. The van der Waals surface area contributed by atoms with Crippen molar-refractivity contribution in [3.8, 4) is 5.75 Å². The Morgan fingerprint density at radius 1 is 1.18 bits per heavy atom. The zero-order valence-electron chi connectivity index (χ0n) is 9.95. The van der Waals surface area contributed by atoms with Gasteiger partial charge < -0.3 is 10.1 Å². The Morgan fingerprint density at radius 3 is 2.82 bits per heavy atom. The molecule has 0 aliphatic carbocycles. The van der Waals surface area contributed by atoms with Gasteiger partial charge in [-0.1, -0.05) is 41.9 Å². The van der Waals surface area contributed by atoms with E-state index in [-0.39, 0.29) is 0 Å². The highest BCUT2D eigenvalue weighted by Crippen LogP contribution is 2.32. The van der Waals surface area contributed by atoms with Crippen molar-refractivity contribution >= 4 is 22.4 Å². The summed E-state index contributed by atoms with van der Waals surface area (Å²) in [5.41, 5.74) is 0. The first-order valence-corrected chi connectivity index (χ1v) is 6.28. The molecule has 0 unspecified atom stereocenters. The van der Waals surface area contributed by atoms with Crippen LogP contribution in [0.25, 0.3) is 10.8 Å². The number of nitrogens with two attached hydrogens (primary N) is 1. The molecule has 17 heavy (non-hydrogen) atoms. The maximum Gasteiger partial charge on any atom is 0.138 e. The molecule has 2 nitrogen and oxygen atoms in total. The smallest absolute Gasteiger partial charge is 0.138 e. The van der Waals surface area contributed by atoms with E-state index in [1.807, 2.05) is 30.3 Å². The van der Waals surface area contributed by atoms with Crippen LogP contribution >= 0.6 is 11.6 Å². The molecule has 0 atom stereocenters. The molecule has 2 aromatic carbocycles. The van der Waals surface area contributed by atoms with E-state index >= 15 is 0 Å². The molecule has 2 aromatic rings. The van der Waals surface area contributed by atoms with Gasteiger partial charge >= 0.3 is 0 Å². The minimum atomic E-state index is 0.711. The molecule has 0 amide bonds. The monoisotopic (exact) mass is 250 g/mol. The first-order valence-electron chi connectivity index (χ1n) is 5.91. The van der Waals surface area contributed by atoms with Crippen LogP contribution in [0.15, 0.2) is 36.4 Å². The summed E-state index contributed by atoms with van der Waals surface area (Å²) >= 11 is 6.32. The van der Waals surface area contributed by atoms with E-state index in [0.717, 1.165) is 29.5 Å². The Labute approximate surface area is 107 Å². The van der Waals surface area contributed by atoms with Gasteiger partial charge in [0.15, 0.2) is 0 Å². The van der Waals surface area contributed by atoms with Gasteiger partial charge in [-0.25, -0.2) is 0 Å². The summed E-state index contributed by atoms with van der Waals surface area (Å²) in [5, 5.41) is 5.05. The van der Waals surface area contributed by atoms with Crippen LogP contribution in [-0.2, 0) is 0 Å². The molecule has 0 aliphatic heterocycles. The standard InChI is InChI=1S/C14H16ClNO/c1-16-9-4-10-17-13-8-7-11-5-2-3-6-12(11)14(13)15/h2-3,5-8,16H,4,9-10H2,1H3/p+1. The molecular formula is C14H17ClNO+. The molecule has 0 aromatic heterocycles. The van der Waals surface area contributed by atoms with E-state index in [2.05, 4.69) is 18.4 Å². The first-order chi connectivity index (χ1) is 8.33. The summed E-state index contributed by atoms with van der Waals surface area (Å²) < 4.78 is 5.70. The summed E-state index contributed by atoms with van der Waals surface area (Å²) in [7, 11) is 2.06. The van der Waals surface area contributed by atoms with E-state index in [1.165, 1.54) is 0 Å². The number of benzene rings is 2. The van der Waals surface area contributed by atoms with Gasteiger partial charge in [0.25, 0.3) is 0 Å². The van der Waals surface area contributed by atoms with Crippen molar-refractivity contribution in [1.29, 1.82) is 0 Å². The average Bonchev–Trinajstić information content (AvgIpc) is 2.37. The highest BCUT2D eigenvalue weighted by atomic mass is 35.5. The van der Waals surface area contributed by atoms with Gasteiger partial charge in [0.05, 0.1) is 25.2 Å². The molecule has 0 bridgehead atoms. The second-order valence-electron chi connectivity index (χ2n) is 4.00. The number of hydrogen-bond donors (Lipinski definition) is 1. The van der Waals surface area contributed by atoms with E-state index < -0.39 is 0 Å². The largest absolute Gasteiger partial charge is 0.492 e. The summed E-state index contributed by atoms with van der Waals surface area (Å²) in [6.45, 7) is 1.79. The van der Waals surface area contributed by atoms with Gasteiger partial charge in [-0.05, 0) is 11.5 Å². The molecule has 0 spiro atoms. The number of fused-ring (bicyclic) bond motifs is 1. The van der Waals surface area contributed by atoms with E-state index in [0.29, 0.717) is 11.6 Å². The Kier molecular flexibility index (Phi) is 4.24. The van der Waals surface area contributed by atoms with E-state index in [9.17, 15) is 0 Å². The van der Waals surface area contributed by atoms with Crippen LogP contribution in [0.5, 0.6) is 5.75 Å². The lowest BCUT2D eigenvalue weighted by Crippen LogP contribution is -2.79. The summed E-state index contributed by atoms with van der Waals surface area (Å²) in [6.07, 6.45) is 1.03. The van der Waals surface area contributed by atoms with Crippen molar-refractivity contribution in [2.75, 3.05) is 20.2 Å². The van der Waals surface area contributed by atoms with Crippen LogP contribution in [0.3, 0.4) is 0 Å². The SMILES string of the molecule is C[NH2+]CCCOc1ccc2ccccc2c1Cl. The number of quaternary nitrogens is 1. The molecule has 90 valence electrons. The third-order valence-electron chi connectivity index (χ3n) is 2.72. The van der Waals surface area contributed by atoms with Crippen molar-refractivity contribution in [1.82, 2.24) is 0 Å². The van der Waals surface area contributed by atoms with Crippen LogP contribution < -0.4 is 10.1 Å². The molecular weight excluding hydrogens is 234 g/mol. The molecule has 3 heteroatoms. The maximum atomic E-state index is 6.32. The molecule has 0 saturated heterocycles. The zero-order chi connectivity index (χ0) is 12.1. The average molecular weight is 251 g/mol. The van der Waals surface area contributed by atoms with Gasteiger partial charge in [0.1, 0.15) is 5.75 Å². The summed E-state index contributed by atoms with van der Waals surface area (Å²) in [5.74, 6) is 0.779. The molecule has 2 rings (SSSR count). The zero-order valence-corrected chi connectivity index (χ0v) is 10.7. The molecule has 0 heterocycles. The summed E-state index contributed by atoms with van der Waals surface area (Å²) in [4.78, 5) is 0. The van der Waals surface area contributed by atoms with Gasteiger partial charge in [0, 0.05) is 11.8 Å². The molecule has 0 fully saturated rings. The predicted octanol–water partition coefficient (Wildman–Crippen LogP) is 2.46. The van der Waals surface area contributed by atoms with Gasteiger partial charge in [-0.3, -0.25) is 0 Å². The van der Waals surface area contributed by atoms with Crippen molar-refractivity contribution < 1.29 is 10.1 Å². The predicted molar refractivity (Wildman–Crippen MR) is 71.8 cm³/mol. The van der Waals surface area contributed by atoms with Gasteiger partial charge in [-0.15, -0.1) is 0 Å². The Bertz CT molecular complexity index is 499. The van der Waals surface area contributed by atoms with Crippen molar-refractivity contribution in [2.24, 2.45) is 0 Å².